The molecular weight excluding hydrogens is 419 g/mol. The van der Waals surface area contributed by atoms with Crippen molar-refractivity contribution in [3.8, 4) is 0 Å². The molecular formula is C24H29FN8. The van der Waals surface area contributed by atoms with Crippen LogP contribution in [0.25, 0.3) is 0 Å². The number of hydrogen-bond donors (Lipinski definition) is 1. The predicted octanol–water partition coefficient (Wildman–Crippen LogP) is 2.23. The van der Waals surface area contributed by atoms with E-state index in [0.29, 0.717) is 12.0 Å². The minimum atomic E-state index is -0.256. The normalized spacial score (nSPS) is 29.4. The van der Waals surface area contributed by atoms with Gasteiger partial charge >= 0.3 is 0 Å². The molecule has 172 valence electrons. The van der Waals surface area contributed by atoms with Gasteiger partial charge in [0.2, 0.25) is 0 Å². The SMILES string of the molecule is Fc1cncc(CN2CCN(C3CC(Cn4cc(C5N=CN=C6NC=CC65)cn4)C3)CC2)c1. The first-order valence-electron chi connectivity index (χ1n) is 11.8. The Morgan fingerprint density at radius 1 is 1.09 bits per heavy atom. The molecule has 8 nitrogen and oxygen atoms in total. The summed E-state index contributed by atoms with van der Waals surface area (Å²) in [6, 6.07) is 2.33. The van der Waals surface area contributed by atoms with Gasteiger partial charge in [0.25, 0.3) is 0 Å². The first-order valence-corrected chi connectivity index (χ1v) is 11.8. The lowest BCUT2D eigenvalue weighted by Crippen LogP contribution is -2.54. The third-order valence-corrected chi connectivity index (χ3v) is 7.36. The Labute approximate surface area is 192 Å². The van der Waals surface area contributed by atoms with E-state index in [9.17, 15) is 4.39 Å². The molecule has 1 N–H and O–H groups in total. The highest BCUT2D eigenvalue weighted by Crippen LogP contribution is 2.35. The summed E-state index contributed by atoms with van der Waals surface area (Å²) in [6.45, 7) is 5.96. The standard InChI is InChI=1S/C24H29FN8/c25-20-7-18(10-26-12-20)13-31-3-5-32(6-4-31)21-8-17(9-21)14-33-15-19(11-30-33)23-22-1-2-27-24(22)29-16-28-23/h1-2,7,10-12,15-17,21-23H,3-6,8-9,13-14H2,(H,27,28,29). The van der Waals surface area contributed by atoms with E-state index in [0.717, 1.165) is 56.2 Å². The molecule has 2 aromatic heterocycles. The smallest absolute Gasteiger partial charge is 0.141 e. The Kier molecular flexibility index (Phi) is 5.51. The zero-order valence-electron chi connectivity index (χ0n) is 18.6. The van der Waals surface area contributed by atoms with Crippen molar-refractivity contribution in [1.29, 1.82) is 0 Å². The Balaban J connectivity index is 0.961. The fourth-order valence-corrected chi connectivity index (χ4v) is 5.49. The van der Waals surface area contributed by atoms with Crippen molar-refractivity contribution in [2.24, 2.45) is 21.8 Å². The fourth-order valence-electron chi connectivity index (χ4n) is 5.49. The van der Waals surface area contributed by atoms with Crippen molar-refractivity contribution in [1.82, 2.24) is 29.9 Å². The van der Waals surface area contributed by atoms with Gasteiger partial charge in [-0.15, -0.1) is 0 Å². The number of piperazine rings is 1. The van der Waals surface area contributed by atoms with Crippen LogP contribution in [0.4, 0.5) is 4.39 Å². The molecule has 33 heavy (non-hydrogen) atoms. The number of amidine groups is 1. The summed E-state index contributed by atoms with van der Waals surface area (Å²) in [4.78, 5) is 17.9. The number of fused-ring (bicyclic) bond motifs is 1. The number of rotatable bonds is 6. The van der Waals surface area contributed by atoms with E-state index in [2.05, 4.69) is 52.1 Å². The predicted molar refractivity (Wildman–Crippen MR) is 124 cm³/mol. The van der Waals surface area contributed by atoms with Gasteiger partial charge in [-0.3, -0.25) is 24.5 Å². The summed E-state index contributed by atoms with van der Waals surface area (Å²) in [6.07, 6.45) is 15.3. The van der Waals surface area contributed by atoms with Crippen molar-refractivity contribution >= 4 is 12.2 Å². The van der Waals surface area contributed by atoms with E-state index >= 15 is 0 Å². The zero-order valence-corrected chi connectivity index (χ0v) is 18.6. The van der Waals surface area contributed by atoms with E-state index in [1.807, 2.05) is 12.4 Å². The van der Waals surface area contributed by atoms with Crippen LogP contribution in [0.1, 0.15) is 30.0 Å². The largest absolute Gasteiger partial charge is 0.350 e. The average molecular weight is 449 g/mol. The van der Waals surface area contributed by atoms with E-state index in [-0.39, 0.29) is 17.8 Å². The van der Waals surface area contributed by atoms with Gasteiger partial charge in [0, 0.05) is 63.3 Å². The molecule has 1 saturated carbocycles. The van der Waals surface area contributed by atoms with Crippen LogP contribution in [0.2, 0.25) is 0 Å². The molecule has 2 fully saturated rings. The maximum atomic E-state index is 13.4. The monoisotopic (exact) mass is 448 g/mol. The van der Waals surface area contributed by atoms with E-state index in [1.165, 1.54) is 19.0 Å². The number of nitrogens with zero attached hydrogens (tertiary/aromatic N) is 7. The molecule has 0 spiro atoms. The molecule has 0 amide bonds. The number of pyridine rings is 1. The molecule has 9 heteroatoms. The van der Waals surface area contributed by atoms with Crippen LogP contribution in [-0.4, -0.2) is 69.0 Å². The minimum absolute atomic E-state index is 0.0612. The maximum Gasteiger partial charge on any atom is 0.141 e. The zero-order chi connectivity index (χ0) is 22.2. The van der Waals surface area contributed by atoms with E-state index in [1.54, 1.807) is 18.6 Å². The molecule has 1 saturated heterocycles. The Morgan fingerprint density at radius 3 is 2.82 bits per heavy atom. The molecule has 2 atom stereocenters. The Hall–Kier alpha value is -2.91. The second-order valence-corrected chi connectivity index (χ2v) is 9.56. The molecule has 3 aliphatic heterocycles. The summed E-state index contributed by atoms with van der Waals surface area (Å²) in [5.41, 5.74) is 2.10. The molecule has 0 radical (unpaired) electrons. The summed E-state index contributed by atoms with van der Waals surface area (Å²) >= 11 is 0. The Morgan fingerprint density at radius 2 is 1.97 bits per heavy atom. The van der Waals surface area contributed by atoms with Crippen molar-refractivity contribution in [3.05, 3.63) is 60.1 Å². The van der Waals surface area contributed by atoms with Gasteiger partial charge in [-0.2, -0.15) is 5.10 Å². The lowest BCUT2D eigenvalue weighted by molar-refractivity contribution is 0.0252. The van der Waals surface area contributed by atoms with Crippen LogP contribution >= 0.6 is 0 Å². The molecule has 0 bridgehead atoms. The van der Waals surface area contributed by atoms with Crippen molar-refractivity contribution in [2.45, 2.75) is 38.0 Å². The maximum absolute atomic E-state index is 13.4. The van der Waals surface area contributed by atoms with Crippen LogP contribution in [-0.2, 0) is 13.1 Å². The number of halogens is 1. The van der Waals surface area contributed by atoms with Crippen LogP contribution in [0.3, 0.4) is 0 Å². The van der Waals surface area contributed by atoms with Gasteiger partial charge in [-0.25, -0.2) is 9.38 Å². The van der Waals surface area contributed by atoms with Gasteiger partial charge in [0.15, 0.2) is 0 Å². The molecule has 0 aromatic carbocycles. The molecule has 2 unspecified atom stereocenters. The van der Waals surface area contributed by atoms with Crippen LogP contribution in [0, 0.1) is 17.7 Å². The van der Waals surface area contributed by atoms with Gasteiger partial charge in [0.05, 0.1) is 24.4 Å². The lowest BCUT2D eigenvalue weighted by atomic mass is 9.79. The highest BCUT2D eigenvalue weighted by atomic mass is 19.1. The van der Waals surface area contributed by atoms with Crippen LogP contribution < -0.4 is 5.32 Å². The van der Waals surface area contributed by atoms with Crippen molar-refractivity contribution in [3.63, 3.8) is 0 Å². The number of aromatic nitrogens is 3. The van der Waals surface area contributed by atoms with Crippen molar-refractivity contribution in [2.75, 3.05) is 26.2 Å². The number of nitrogens with one attached hydrogen (secondary N) is 1. The second kappa shape index (κ2) is 8.79. The van der Waals surface area contributed by atoms with Crippen LogP contribution in [0.5, 0.6) is 0 Å². The topological polar surface area (TPSA) is 73.9 Å². The summed E-state index contributed by atoms with van der Waals surface area (Å²) < 4.78 is 15.5. The second-order valence-electron chi connectivity index (χ2n) is 9.56. The van der Waals surface area contributed by atoms with Gasteiger partial charge < -0.3 is 5.32 Å². The first-order chi connectivity index (χ1) is 16.2. The van der Waals surface area contributed by atoms with Gasteiger partial charge in [0.1, 0.15) is 18.0 Å². The number of aliphatic imine (C=N–C) groups is 2. The third kappa shape index (κ3) is 4.35. The highest BCUT2D eigenvalue weighted by Gasteiger charge is 2.36. The molecule has 6 rings (SSSR count). The van der Waals surface area contributed by atoms with Gasteiger partial charge in [-0.05, 0) is 36.6 Å². The summed E-state index contributed by atoms with van der Waals surface area (Å²) in [5.74, 6) is 1.58. The Bertz CT molecular complexity index is 1080. The minimum Gasteiger partial charge on any atom is -0.350 e. The quantitative estimate of drug-likeness (QED) is 0.734. The fraction of sp³-hybridized carbons (Fsp3) is 0.500. The third-order valence-electron chi connectivity index (χ3n) is 7.36. The molecule has 4 aliphatic rings. The van der Waals surface area contributed by atoms with Gasteiger partial charge in [-0.1, -0.05) is 6.08 Å². The van der Waals surface area contributed by atoms with Crippen molar-refractivity contribution < 1.29 is 4.39 Å². The molecule has 2 aromatic rings. The molecule has 1 aliphatic carbocycles. The van der Waals surface area contributed by atoms with E-state index < -0.39 is 0 Å². The summed E-state index contributed by atoms with van der Waals surface area (Å²) in [7, 11) is 0. The summed E-state index contributed by atoms with van der Waals surface area (Å²) in [5, 5.41) is 7.82. The number of hydrogen-bond acceptors (Lipinski definition) is 7. The van der Waals surface area contributed by atoms with Crippen LogP contribution in [0.15, 0.2) is 53.1 Å². The first kappa shape index (κ1) is 20.7. The van der Waals surface area contributed by atoms with E-state index in [4.69, 9.17) is 0 Å². The highest BCUT2D eigenvalue weighted by molar-refractivity contribution is 5.96. The molecule has 5 heterocycles. The lowest BCUT2D eigenvalue weighted by Gasteiger charge is -2.46. The average Bonchev–Trinajstić information content (AvgIpc) is 3.46.